The number of nitrogens with zero attached hydrogens (tertiary/aromatic N) is 4. The monoisotopic (exact) mass is 407 g/mol. The SMILES string of the molecule is C[C@H]1CC(CO)OC1n1cnc2c(N)ncnc21.OC(O)c1ccc(Cl)cc1. The number of aromatic nitrogens is 4. The summed E-state index contributed by atoms with van der Waals surface area (Å²) in [6.07, 6.45) is 2.21. The molecule has 28 heavy (non-hydrogen) atoms. The van der Waals surface area contributed by atoms with Crippen molar-refractivity contribution in [3.05, 3.63) is 47.5 Å². The van der Waals surface area contributed by atoms with Crippen LogP contribution < -0.4 is 5.73 Å². The van der Waals surface area contributed by atoms with Crippen LogP contribution in [0.4, 0.5) is 5.82 Å². The quantitative estimate of drug-likeness (QED) is 0.480. The van der Waals surface area contributed by atoms with Crippen molar-refractivity contribution in [2.24, 2.45) is 5.92 Å². The Morgan fingerprint density at radius 2 is 1.96 bits per heavy atom. The van der Waals surface area contributed by atoms with Crippen LogP contribution in [-0.2, 0) is 4.74 Å². The van der Waals surface area contributed by atoms with Crippen LogP contribution in [0, 0.1) is 5.92 Å². The molecule has 0 spiro atoms. The molecule has 0 saturated carbocycles. The normalized spacial score (nSPS) is 21.7. The highest BCUT2D eigenvalue weighted by atomic mass is 35.5. The Morgan fingerprint density at radius 3 is 2.57 bits per heavy atom. The van der Waals surface area contributed by atoms with Crippen molar-refractivity contribution in [2.45, 2.75) is 32.0 Å². The first-order chi connectivity index (χ1) is 13.4. The van der Waals surface area contributed by atoms with E-state index in [2.05, 4.69) is 21.9 Å². The summed E-state index contributed by atoms with van der Waals surface area (Å²) in [6.45, 7) is 2.11. The van der Waals surface area contributed by atoms with E-state index in [1.807, 2.05) is 4.57 Å². The molecule has 150 valence electrons. The molecule has 1 fully saturated rings. The van der Waals surface area contributed by atoms with Crippen LogP contribution in [0.2, 0.25) is 5.02 Å². The minimum absolute atomic E-state index is 0.0323. The van der Waals surface area contributed by atoms with E-state index in [-0.39, 0.29) is 24.9 Å². The summed E-state index contributed by atoms with van der Waals surface area (Å²) in [5, 5.41) is 27.0. The second-order valence-corrected chi connectivity index (χ2v) is 6.99. The largest absolute Gasteiger partial charge is 0.394 e. The maximum absolute atomic E-state index is 9.16. The summed E-state index contributed by atoms with van der Waals surface area (Å²) >= 11 is 5.55. The van der Waals surface area contributed by atoms with E-state index in [1.165, 1.54) is 6.33 Å². The number of imidazole rings is 1. The molecule has 4 rings (SSSR count). The van der Waals surface area contributed by atoms with E-state index in [4.69, 9.17) is 37.4 Å². The number of aliphatic hydroxyl groups excluding tert-OH is 2. The average molecular weight is 408 g/mol. The van der Waals surface area contributed by atoms with Gasteiger partial charge in [0.05, 0.1) is 19.0 Å². The van der Waals surface area contributed by atoms with Crippen molar-refractivity contribution in [1.29, 1.82) is 0 Å². The number of hydrogen-bond acceptors (Lipinski definition) is 8. The number of halogens is 1. The van der Waals surface area contributed by atoms with E-state index in [9.17, 15) is 0 Å². The molecule has 3 aromatic rings. The van der Waals surface area contributed by atoms with E-state index in [1.54, 1.807) is 30.6 Å². The van der Waals surface area contributed by atoms with Gasteiger partial charge in [0.2, 0.25) is 0 Å². The number of fused-ring (bicyclic) bond motifs is 1. The molecule has 10 heteroatoms. The first-order valence-corrected chi connectivity index (χ1v) is 9.09. The summed E-state index contributed by atoms with van der Waals surface area (Å²) in [5.41, 5.74) is 7.45. The van der Waals surface area contributed by atoms with Crippen LogP contribution in [0.5, 0.6) is 0 Å². The Bertz CT molecular complexity index is 918. The first-order valence-electron chi connectivity index (χ1n) is 8.71. The van der Waals surface area contributed by atoms with Gasteiger partial charge in [-0.25, -0.2) is 15.0 Å². The van der Waals surface area contributed by atoms with Crippen LogP contribution in [0.3, 0.4) is 0 Å². The van der Waals surface area contributed by atoms with E-state index in [0.717, 1.165) is 6.42 Å². The molecule has 1 aliphatic rings. The highest BCUT2D eigenvalue weighted by Crippen LogP contribution is 2.35. The number of nitrogen functional groups attached to an aromatic ring is 1. The first kappa shape index (κ1) is 20.4. The molecule has 1 aromatic carbocycles. The van der Waals surface area contributed by atoms with E-state index < -0.39 is 6.29 Å². The standard InChI is InChI=1S/C11H15N5O2.C7H7ClO2/c1-6-2-7(3-17)18-11(6)16-5-15-8-9(12)13-4-14-10(8)16;8-6-3-1-5(2-4-6)7(9)10/h4-7,11,17H,2-3H2,1H3,(H2,12,13,14);1-4,7,9-10H/t6-,7?,11?;/m0./s1. The third-order valence-electron chi connectivity index (χ3n) is 4.49. The van der Waals surface area contributed by atoms with Crippen LogP contribution in [0.15, 0.2) is 36.9 Å². The van der Waals surface area contributed by atoms with Crippen molar-refractivity contribution >= 4 is 28.6 Å². The molecule has 0 bridgehead atoms. The summed E-state index contributed by atoms with van der Waals surface area (Å²) in [4.78, 5) is 12.3. The summed E-state index contributed by atoms with van der Waals surface area (Å²) in [6, 6.07) is 6.34. The number of anilines is 1. The fourth-order valence-electron chi connectivity index (χ4n) is 3.07. The maximum Gasteiger partial charge on any atom is 0.178 e. The van der Waals surface area contributed by atoms with Gasteiger partial charge < -0.3 is 25.8 Å². The molecule has 3 atom stereocenters. The minimum atomic E-state index is -1.41. The van der Waals surface area contributed by atoms with Gasteiger partial charge in [-0.2, -0.15) is 0 Å². The Kier molecular flexibility index (Phi) is 6.42. The number of ether oxygens (including phenoxy) is 1. The molecule has 2 aromatic heterocycles. The number of rotatable bonds is 3. The molecule has 2 unspecified atom stereocenters. The molecular weight excluding hydrogens is 386 g/mol. The lowest BCUT2D eigenvalue weighted by Crippen LogP contribution is -2.15. The summed E-state index contributed by atoms with van der Waals surface area (Å²) < 4.78 is 7.64. The van der Waals surface area contributed by atoms with Crippen molar-refractivity contribution in [3.63, 3.8) is 0 Å². The van der Waals surface area contributed by atoms with Gasteiger partial charge in [-0.05, 0) is 18.6 Å². The smallest absolute Gasteiger partial charge is 0.178 e. The molecule has 0 aliphatic carbocycles. The van der Waals surface area contributed by atoms with Gasteiger partial charge in [-0.3, -0.25) is 4.57 Å². The highest BCUT2D eigenvalue weighted by molar-refractivity contribution is 6.30. The van der Waals surface area contributed by atoms with E-state index in [0.29, 0.717) is 27.6 Å². The highest BCUT2D eigenvalue weighted by Gasteiger charge is 2.34. The van der Waals surface area contributed by atoms with Crippen LogP contribution in [-0.4, -0.2) is 47.5 Å². The lowest BCUT2D eigenvalue weighted by molar-refractivity contribution is -0.0424. The molecule has 0 radical (unpaired) electrons. The van der Waals surface area contributed by atoms with Gasteiger partial charge in [0, 0.05) is 16.5 Å². The molecular formula is C18H22ClN5O4. The number of nitrogens with two attached hydrogens (primary N) is 1. The predicted molar refractivity (Wildman–Crippen MR) is 103 cm³/mol. The van der Waals surface area contributed by atoms with E-state index >= 15 is 0 Å². The van der Waals surface area contributed by atoms with Crippen molar-refractivity contribution in [3.8, 4) is 0 Å². The second kappa shape index (κ2) is 8.80. The molecule has 3 heterocycles. The van der Waals surface area contributed by atoms with Crippen molar-refractivity contribution in [2.75, 3.05) is 12.3 Å². The number of hydrogen-bond donors (Lipinski definition) is 4. The molecule has 1 saturated heterocycles. The maximum atomic E-state index is 9.16. The van der Waals surface area contributed by atoms with Gasteiger partial charge in [-0.15, -0.1) is 0 Å². The lowest BCUT2D eigenvalue weighted by atomic mass is 10.1. The van der Waals surface area contributed by atoms with Gasteiger partial charge in [0.15, 0.2) is 17.8 Å². The van der Waals surface area contributed by atoms with Gasteiger partial charge >= 0.3 is 0 Å². The van der Waals surface area contributed by atoms with Gasteiger partial charge in [0.25, 0.3) is 0 Å². The topological polar surface area (TPSA) is 140 Å². The fourth-order valence-corrected chi connectivity index (χ4v) is 3.19. The van der Waals surface area contributed by atoms with Gasteiger partial charge in [-0.1, -0.05) is 30.7 Å². The summed E-state index contributed by atoms with van der Waals surface area (Å²) in [5.74, 6) is 0.652. The zero-order valence-corrected chi connectivity index (χ0v) is 15.9. The molecule has 9 nitrogen and oxygen atoms in total. The number of benzene rings is 1. The Balaban J connectivity index is 0.000000192. The predicted octanol–water partition coefficient (Wildman–Crippen LogP) is 1.65. The lowest BCUT2D eigenvalue weighted by Gasteiger charge is -2.17. The van der Waals surface area contributed by atoms with Crippen LogP contribution >= 0.6 is 11.6 Å². The van der Waals surface area contributed by atoms with Crippen molar-refractivity contribution in [1.82, 2.24) is 19.5 Å². The third kappa shape index (κ3) is 4.40. The zero-order valence-electron chi connectivity index (χ0n) is 15.2. The zero-order chi connectivity index (χ0) is 20.3. The summed E-state index contributed by atoms with van der Waals surface area (Å²) in [7, 11) is 0. The average Bonchev–Trinajstić information content (AvgIpc) is 3.26. The molecule has 5 N–H and O–H groups in total. The Labute approximate surface area is 166 Å². The second-order valence-electron chi connectivity index (χ2n) is 6.55. The Morgan fingerprint density at radius 1 is 1.25 bits per heavy atom. The van der Waals surface area contributed by atoms with Crippen LogP contribution in [0.25, 0.3) is 11.2 Å². The third-order valence-corrected chi connectivity index (χ3v) is 4.74. The number of aliphatic hydroxyl groups is 3. The van der Waals surface area contributed by atoms with Gasteiger partial charge in [0.1, 0.15) is 18.1 Å². The fraction of sp³-hybridized carbons (Fsp3) is 0.389. The van der Waals surface area contributed by atoms with Crippen LogP contribution in [0.1, 0.15) is 31.4 Å². The molecule has 1 aliphatic heterocycles. The molecule has 0 amide bonds. The van der Waals surface area contributed by atoms with Crippen molar-refractivity contribution < 1.29 is 20.1 Å². The Hall–Kier alpha value is -2.30. The minimum Gasteiger partial charge on any atom is -0.394 e.